The molecule has 3 rings (SSSR count). The maximum Gasteiger partial charge on any atom is 0.131 e. The topological polar surface area (TPSA) is 3.24 Å². The van der Waals surface area contributed by atoms with Crippen LogP contribution in [0.1, 0.15) is 23.6 Å². The highest BCUT2D eigenvalue weighted by Crippen LogP contribution is 2.25. The van der Waals surface area contributed by atoms with E-state index >= 15 is 0 Å². The predicted octanol–water partition coefficient (Wildman–Crippen LogP) is 5.73. The minimum absolute atomic E-state index is 0.142. The first-order valence-corrected chi connectivity index (χ1v) is 8.48. The first kappa shape index (κ1) is 17.2. The average Bonchev–Trinajstić information content (AvgIpc) is 2.63. The molecule has 0 aromatic heterocycles. The molecule has 0 heterocycles. The van der Waals surface area contributed by atoms with Gasteiger partial charge in [0.15, 0.2) is 0 Å². The Bertz CT molecular complexity index is 751. The largest absolute Gasteiger partial charge is 0.363 e. The van der Waals surface area contributed by atoms with Gasteiger partial charge >= 0.3 is 0 Å². The van der Waals surface area contributed by atoms with Crippen LogP contribution in [0.2, 0.25) is 0 Å². The van der Waals surface area contributed by atoms with E-state index in [0.717, 1.165) is 11.1 Å². The van der Waals surface area contributed by atoms with Crippen LogP contribution in [-0.2, 0) is 19.5 Å². The molecule has 3 aromatic carbocycles. The molecule has 0 fully saturated rings. The van der Waals surface area contributed by atoms with Crippen molar-refractivity contribution < 1.29 is 8.78 Å². The Morgan fingerprint density at radius 3 is 1.56 bits per heavy atom. The van der Waals surface area contributed by atoms with Crippen molar-refractivity contribution in [1.29, 1.82) is 0 Å². The molecule has 128 valence electrons. The lowest BCUT2D eigenvalue weighted by Crippen LogP contribution is -2.22. The molecule has 0 radical (unpaired) electrons. The maximum atomic E-state index is 14.3. The van der Waals surface area contributed by atoms with Gasteiger partial charge in [0.25, 0.3) is 0 Å². The number of hydrogen-bond donors (Lipinski definition) is 0. The second-order valence-corrected chi connectivity index (χ2v) is 6.07. The van der Waals surface area contributed by atoms with E-state index in [1.807, 2.05) is 65.6 Å². The third-order valence-corrected chi connectivity index (χ3v) is 4.28. The zero-order valence-electron chi connectivity index (χ0n) is 14.3. The first-order valence-electron chi connectivity index (χ1n) is 8.48. The van der Waals surface area contributed by atoms with E-state index in [1.165, 1.54) is 12.1 Å². The normalized spacial score (nSPS) is 10.7. The van der Waals surface area contributed by atoms with Gasteiger partial charge in [-0.25, -0.2) is 8.78 Å². The summed E-state index contributed by atoms with van der Waals surface area (Å²) in [4.78, 5) is 2.00. The summed E-state index contributed by atoms with van der Waals surface area (Å²) < 4.78 is 28.6. The van der Waals surface area contributed by atoms with E-state index in [1.54, 1.807) is 6.92 Å². The molecule has 25 heavy (non-hydrogen) atoms. The third kappa shape index (κ3) is 4.24. The Kier molecular flexibility index (Phi) is 5.44. The molecule has 1 nitrogen and oxygen atoms in total. The van der Waals surface area contributed by atoms with Gasteiger partial charge in [-0.2, -0.15) is 0 Å². The summed E-state index contributed by atoms with van der Waals surface area (Å²) >= 11 is 0. The predicted molar refractivity (Wildman–Crippen MR) is 98.5 cm³/mol. The molecule has 0 unspecified atom stereocenters. The fraction of sp³-hybridized carbons (Fsp3) is 0.182. The van der Waals surface area contributed by atoms with Crippen molar-refractivity contribution in [2.24, 2.45) is 0 Å². The molecule has 0 aliphatic carbocycles. The van der Waals surface area contributed by atoms with E-state index in [9.17, 15) is 8.78 Å². The van der Waals surface area contributed by atoms with Gasteiger partial charge in [-0.05, 0) is 29.7 Å². The monoisotopic (exact) mass is 337 g/mol. The van der Waals surface area contributed by atoms with E-state index in [2.05, 4.69) is 0 Å². The highest BCUT2D eigenvalue weighted by Gasteiger charge is 2.15. The van der Waals surface area contributed by atoms with Crippen molar-refractivity contribution in [1.82, 2.24) is 0 Å². The fourth-order valence-corrected chi connectivity index (χ4v) is 2.96. The SMILES string of the molecule is CCc1c(F)cc(N(Cc2ccccc2)Cc2ccccc2)cc1F. The molecular formula is C22H21F2N. The minimum Gasteiger partial charge on any atom is -0.363 e. The Labute approximate surface area is 147 Å². The van der Waals surface area contributed by atoms with Crippen LogP contribution in [0.5, 0.6) is 0 Å². The van der Waals surface area contributed by atoms with Crippen LogP contribution in [0, 0.1) is 11.6 Å². The Morgan fingerprint density at radius 1 is 0.720 bits per heavy atom. The van der Waals surface area contributed by atoms with Crippen molar-refractivity contribution in [2.75, 3.05) is 4.90 Å². The van der Waals surface area contributed by atoms with Gasteiger partial charge < -0.3 is 4.90 Å². The number of benzene rings is 3. The van der Waals surface area contributed by atoms with E-state index < -0.39 is 11.6 Å². The Morgan fingerprint density at radius 2 is 1.16 bits per heavy atom. The zero-order valence-corrected chi connectivity index (χ0v) is 14.3. The summed E-state index contributed by atoms with van der Waals surface area (Å²) in [5.74, 6) is -0.966. The van der Waals surface area contributed by atoms with Gasteiger partial charge in [0, 0.05) is 24.3 Å². The van der Waals surface area contributed by atoms with Gasteiger partial charge in [-0.15, -0.1) is 0 Å². The maximum absolute atomic E-state index is 14.3. The van der Waals surface area contributed by atoms with Crippen LogP contribution < -0.4 is 4.90 Å². The summed E-state index contributed by atoms with van der Waals surface area (Å²) in [6.45, 7) is 2.92. The second kappa shape index (κ2) is 7.93. The van der Waals surface area contributed by atoms with Crippen molar-refractivity contribution in [3.05, 3.63) is 101 Å². The minimum atomic E-state index is -0.483. The molecule has 0 N–H and O–H groups in total. The van der Waals surface area contributed by atoms with Crippen LogP contribution in [-0.4, -0.2) is 0 Å². The van der Waals surface area contributed by atoms with E-state index in [-0.39, 0.29) is 5.56 Å². The fourth-order valence-electron chi connectivity index (χ4n) is 2.96. The van der Waals surface area contributed by atoms with Gasteiger partial charge in [-0.1, -0.05) is 67.6 Å². The Hall–Kier alpha value is -2.68. The molecule has 0 bridgehead atoms. The lowest BCUT2D eigenvalue weighted by Gasteiger charge is -2.26. The third-order valence-electron chi connectivity index (χ3n) is 4.28. The van der Waals surface area contributed by atoms with Crippen LogP contribution in [0.4, 0.5) is 14.5 Å². The van der Waals surface area contributed by atoms with E-state index in [0.29, 0.717) is 25.2 Å². The molecule has 0 saturated carbocycles. The number of anilines is 1. The molecule has 0 aliphatic rings. The van der Waals surface area contributed by atoms with Crippen LogP contribution in [0.3, 0.4) is 0 Å². The quantitative estimate of drug-likeness (QED) is 0.555. The molecule has 0 spiro atoms. The first-order chi connectivity index (χ1) is 12.2. The van der Waals surface area contributed by atoms with Gasteiger partial charge in [0.2, 0.25) is 0 Å². The summed E-state index contributed by atoms with van der Waals surface area (Å²) in [5, 5.41) is 0. The van der Waals surface area contributed by atoms with Crippen molar-refractivity contribution in [2.45, 2.75) is 26.4 Å². The molecule has 0 saturated heterocycles. The highest BCUT2D eigenvalue weighted by atomic mass is 19.1. The highest BCUT2D eigenvalue weighted by molar-refractivity contribution is 5.50. The van der Waals surface area contributed by atoms with Crippen LogP contribution in [0.15, 0.2) is 72.8 Å². The molecule has 3 heteroatoms. The lowest BCUT2D eigenvalue weighted by molar-refractivity contribution is 0.557. The smallest absolute Gasteiger partial charge is 0.131 e. The van der Waals surface area contributed by atoms with Crippen LogP contribution in [0.25, 0.3) is 0 Å². The van der Waals surface area contributed by atoms with Gasteiger partial charge in [0.05, 0.1) is 0 Å². The standard InChI is InChI=1S/C22H21F2N/c1-2-20-21(23)13-19(14-22(20)24)25(15-17-9-5-3-6-10-17)16-18-11-7-4-8-12-18/h3-14H,2,15-16H2,1H3. The van der Waals surface area contributed by atoms with E-state index in [4.69, 9.17) is 0 Å². The second-order valence-electron chi connectivity index (χ2n) is 6.07. The summed E-state index contributed by atoms with van der Waals surface area (Å²) in [7, 11) is 0. The van der Waals surface area contributed by atoms with Gasteiger partial charge in [0.1, 0.15) is 11.6 Å². The number of hydrogen-bond acceptors (Lipinski definition) is 1. The zero-order chi connectivity index (χ0) is 17.6. The molecule has 3 aromatic rings. The molecule has 0 atom stereocenters. The molecule has 0 amide bonds. The molecule has 0 aliphatic heterocycles. The van der Waals surface area contributed by atoms with Crippen molar-refractivity contribution >= 4 is 5.69 Å². The van der Waals surface area contributed by atoms with Gasteiger partial charge in [-0.3, -0.25) is 0 Å². The molecular weight excluding hydrogens is 316 g/mol. The summed E-state index contributed by atoms with van der Waals surface area (Å²) in [6.07, 6.45) is 0.343. The number of rotatable bonds is 6. The average molecular weight is 337 g/mol. The van der Waals surface area contributed by atoms with Crippen molar-refractivity contribution in [3.63, 3.8) is 0 Å². The Balaban J connectivity index is 1.95. The number of nitrogens with zero attached hydrogens (tertiary/aromatic N) is 1. The summed E-state index contributed by atoms with van der Waals surface area (Å²) in [5.41, 5.74) is 2.89. The number of halogens is 2. The van der Waals surface area contributed by atoms with Crippen molar-refractivity contribution in [3.8, 4) is 0 Å². The van der Waals surface area contributed by atoms with Crippen LogP contribution >= 0.6 is 0 Å². The summed E-state index contributed by atoms with van der Waals surface area (Å²) in [6, 6.07) is 22.7. The lowest BCUT2D eigenvalue weighted by atomic mass is 10.1.